The molecule has 0 bridgehead atoms. The van der Waals surface area contributed by atoms with E-state index in [0.29, 0.717) is 21.3 Å². The Kier molecular flexibility index (Phi) is 6.93. The Balaban J connectivity index is 1.54. The Bertz CT molecular complexity index is 948. The van der Waals surface area contributed by atoms with Gasteiger partial charge >= 0.3 is 5.97 Å². The number of rotatable bonds is 8. The highest BCUT2D eigenvalue weighted by atomic mass is 32.1. The molecule has 0 saturated heterocycles. The van der Waals surface area contributed by atoms with Gasteiger partial charge in [0, 0.05) is 18.4 Å². The Morgan fingerprint density at radius 1 is 1.21 bits per heavy atom. The lowest BCUT2D eigenvalue weighted by Crippen LogP contribution is -2.14. The van der Waals surface area contributed by atoms with Gasteiger partial charge in [-0.25, -0.2) is 9.78 Å². The number of carbonyl (C=O) groups excluding carboxylic acids is 3. The molecule has 152 valence electrons. The number of aromatic nitrogens is 1. The van der Waals surface area contributed by atoms with Crippen molar-refractivity contribution in [2.75, 3.05) is 11.9 Å². The van der Waals surface area contributed by atoms with Gasteiger partial charge in [-0.2, -0.15) is 0 Å². The number of ketones is 1. The third kappa shape index (κ3) is 5.38. The van der Waals surface area contributed by atoms with Gasteiger partial charge in [0.2, 0.25) is 5.91 Å². The van der Waals surface area contributed by atoms with Crippen LogP contribution in [0.3, 0.4) is 0 Å². The molecule has 0 spiro atoms. The lowest BCUT2D eigenvalue weighted by atomic mass is 9.89. The minimum Gasteiger partial charge on any atom is -0.457 e. The predicted octanol–water partition coefficient (Wildman–Crippen LogP) is 4.27. The molecule has 0 saturated carbocycles. The predicted molar refractivity (Wildman–Crippen MR) is 113 cm³/mol. The first-order valence-electron chi connectivity index (χ1n) is 9.68. The molecule has 2 aromatic rings. The monoisotopic (exact) mass is 412 g/mol. The van der Waals surface area contributed by atoms with Crippen LogP contribution < -0.4 is 5.32 Å². The van der Waals surface area contributed by atoms with E-state index in [1.54, 1.807) is 6.92 Å². The minimum atomic E-state index is -0.497. The van der Waals surface area contributed by atoms with E-state index in [0.717, 1.165) is 30.6 Å². The van der Waals surface area contributed by atoms with Crippen molar-refractivity contribution < 1.29 is 19.1 Å². The topological polar surface area (TPSA) is 85.4 Å². The van der Waals surface area contributed by atoms with E-state index in [1.165, 1.54) is 23.6 Å². The van der Waals surface area contributed by atoms with Gasteiger partial charge in [-0.3, -0.25) is 9.59 Å². The Morgan fingerprint density at radius 3 is 2.72 bits per heavy atom. The molecule has 0 radical (unpaired) electrons. The Labute approximate surface area is 174 Å². The second-order valence-electron chi connectivity index (χ2n) is 6.98. The number of amides is 1. The normalized spacial score (nSPS) is 12.7. The molecule has 1 aliphatic rings. The van der Waals surface area contributed by atoms with Crippen molar-refractivity contribution in [3.63, 3.8) is 0 Å². The van der Waals surface area contributed by atoms with E-state index in [4.69, 9.17) is 4.74 Å². The van der Waals surface area contributed by atoms with Crippen molar-refractivity contribution in [2.24, 2.45) is 0 Å². The number of esters is 1. The highest BCUT2D eigenvalue weighted by Gasteiger charge is 2.18. The number of benzene rings is 1. The van der Waals surface area contributed by atoms with E-state index < -0.39 is 5.97 Å². The molecule has 1 N–H and O–H groups in total. The number of Topliss-reactive ketones (excluding diaryl/α,β-unsaturated/α-hetero) is 1. The van der Waals surface area contributed by atoms with Crippen LogP contribution in [0.25, 0.3) is 0 Å². The van der Waals surface area contributed by atoms with Crippen LogP contribution in [0.15, 0.2) is 30.9 Å². The van der Waals surface area contributed by atoms with Crippen molar-refractivity contribution in [3.8, 4) is 0 Å². The maximum Gasteiger partial charge on any atom is 0.350 e. The van der Waals surface area contributed by atoms with Crippen LogP contribution in [0.2, 0.25) is 0 Å². The maximum atomic E-state index is 12.5. The third-order valence-electron chi connectivity index (χ3n) is 4.81. The third-order valence-corrected chi connectivity index (χ3v) is 5.86. The number of aryl methyl sites for hydroxylation is 3. The summed E-state index contributed by atoms with van der Waals surface area (Å²) in [5.74, 6) is -0.850. The molecule has 7 heteroatoms. The van der Waals surface area contributed by atoms with E-state index in [2.05, 4.69) is 16.9 Å². The van der Waals surface area contributed by atoms with Crippen LogP contribution in [0.5, 0.6) is 0 Å². The molecule has 0 fully saturated rings. The highest BCUT2D eigenvalue weighted by Crippen LogP contribution is 2.25. The van der Waals surface area contributed by atoms with Crippen LogP contribution in [-0.4, -0.2) is 29.3 Å². The van der Waals surface area contributed by atoms with Gasteiger partial charge in [0.15, 0.2) is 10.9 Å². The van der Waals surface area contributed by atoms with Gasteiger partial charge in [-0.1, -0.05) is 36.1 Å². The van der Waals surface area contributed by atoms with Crippen LogP contribution in [0, 0.1) is 6.92 Å². The van der Waals surface area contributed by atoms with Gasteiger partial charge in [-0.15, -0.1) is 0 Å². The van der Waals surface area contributed by atoms with E-state index in [-0.39, 0.29) is 31.1 Å². The number of carbonyl (C=O) groups is 3. The lowest BCUT2D eigenvalue weighted by Gasteiger charge is -2.16. The van der Waals surface area contributed by atoms with Crippen molar-refractivity contribution >= 4 is 34.1 Å². The Morgan fingerprint density at radius 2 is 1.97 bits per heavy atom. The molecule has 1 heterocycles. The zero-order chi connectivity index (χ0) is 20.8. The second kappa shape index (κ2) is 9.60. The van der Waals surface area contributed by atoms with Gasteiger partial charge in [0.05, 0.1) is 5.69 Å². The highest BCUT2D eigenvalue weighted by molar-refractivity contribution is 7.17. The molecule has 0 aliphatic heterocycles. The maximum absolute atomic E-state index is 12.5. The number of hydrogen-bond donors (Lipinski definition) is 1. The van der Waals surface area contributed by atoms with E-state index in [9.17, 15) is 14.4 Å². The summed E-state index contributed by atoms with van der Waals surface area (Å²) in [7, 11) is 0. The first kappa shape index (κ1) is 20.9. The molecule has 0 atom stereocenters. The number of hydrogen-bond acceptors (Lipinski definition) is 6. The number of anilines is 1. The average Bonchev–Trinajstić information content (AvgIpc) is 3.09. The standard InChI is InChI=1S/C22H24N2O4S/c1-3-12-28-21(27)20-14(2)23-22(29-20)24-19(26)11-10-18(25)17-9-8-15-6-4-5-7-16(15)13-17/h3,8-9,13H,1,4-7,10-12H2,2H3,(H,23,24,26). The molecule has 1 amide bonds. The molecule has 0 unspecified atom stereocenters. The molecule has 1 aromatic carbocycles. The second-order valence-corrected chi connectivity index (χ2v) is 7.98. The fourth-order valence-electron chi connectivity index (χ4n) is 3.30. The average molecular weight is 413 g/mol. The summed E-state index contributed by atoms with van der Waals surface area (Å²) in [6.07, 6.45) is 6.11. The van der Waals surface area contributed by atoms with Crippen LogP contribution in [0.1, 0.15) is 62.5 Å². The zero-order valence-corrected chi connectivity index (χ0v) is 17.3. The molecule has 1 aliphatic carbocycles. The first-order valence-corrected chi connectivity index (χ1v) is 10.5. The number of ether oxygens (including phenoxy) is 1. The number of nitrogens with one attached hydrogen (secondary N) is 1. The van der Waals surface area contributed by atoms with Crippen LogP contribution in [-0.2, 0) is 22.4 Å². The van der Waals surface area contributed by atoms with Gasteiger partial charge in [-0.05, 0) is 49.8 Å². The smallest absolute Gasteiger partial charge is 0.350 e. The molecular weight excluding hydrogens is 388 g/mol. The largest absolute Gasteiger partial charge is 0.457 e. The van der Waals surface area contributed by atoms with Gasteiger partial charge < -0.3 is 10.1 Å². The molecule has 3 rings (SSSR count). The first-order chi connectivity index (χ1) is 14.0. The van der Waals surface area contributed by atoms with Crippen molar-refractivity contribution in [3.05, 3.63) is 58.1 Å². The fourth-order valence-corrected chi connectivity index (χ4v) is 4.18. The van der Waals surface area contributed by atoms with Crippen molar-refractivity contribution in [1.82, 2.24) is 4.98 Å². The summed E-state index contributed by atoms with van der Waals surface area (Å²) >= 11 is 1.06. The number of thiazole rings is 1. The molecule has 29 heavy (non-hydrogen) atoms. The molecule has 1 aromatic heterocycles. The van der Waals surface area contributed by atoms with Crippen molar-refractivity contribution in [2.45, 2.75) is 45.4 Å². The number of nitrogens with zero attached hydrogens (tertiary/aromatic N) is 1. The van der Waals surface area contributed by atoms with E-state index in [1.807, 2.05) is 18.2 Å². The summed E-state index contributed by atoms with van der Waals surface area (Å²) in [5.41, 5.74) is 3.73. The molecule has 6 nitrogen and oxygen atoms in total. The van der Waals surface area contributed by atoms with Gasteiger partial charge in [0.25, 0.3) is 0 Å². The summed E-state index contributed by atoms with van der Waals surface area (Å²) in [4.78, 5) is 41.2. The lowest BCUT2D eigenvalue weighted by molar-refractivity contribution is -0.116. The fraction of sp³-hybridized carbons (Fsp3) is 0.364. The SMILES string of the molecule is C=CCOC(=O)c1sc(NC(=O)CCC(=O)c2ccc3c(c2)CCCC3)nc1C. The van der Waals surface area contributed by atoms with Crippen LogP contribution in [0.4, 0.5) is 5.13 Å². The number of fused-ring (bicyclic) bond motifs is 1. The summed E-state index contributed by atoms with van der Waals surface area (Å²) < 4.78 is 5.00. The summed E-state index contributed by atoms with van der Waals surface area (Å²) in [6, 6.07) is 5.86. The Hall–Kier alpha value is -2.80. The zero-order valence-electron chi connectivity index (χ0n) is 16.5. The van der Waals surface area contributed by atoms with Crippen molar-refractivity contribution in [1.29, 1.82) is 0 Å². The van der Waals surface area contributed by atoms with E-state index >= 15 is 0 Å². The minimum absolute atomic E-state index is 0.0439. The summed E-state index contributed by atoms with van der Waals surface area (Å²) in [5, 5.41) is 2.98. The molecular formula is C22H24N2O4S. The van der Waals surface area contributed by atoms with Crippen LogP contribution >= 0.6 is 11.3 Å². The summed E-state index contributed by atoms with van der Waals surface area (Å²) in [6.45, 7) is 5.29. The van der Waals surface area contributed by atoms with Gasteiger partial charge in [0.1, 0.15) is 11.5 Å². The quantitative estimate of drug-likeness (QED) is 0.397.